The molecule has 0 aliphatic heterocycles. The largest absolute Gasteiger partial charge is 0.484 e. The molecule has 1 amide bonds. The van der Waals surface area contributed by atoms with Crippen LogP contribution in [0.3, 0.4) is 0 Å². The number of ether oxygens (including phenoxy) is 2. The maximum absolute atomic E-state index is 12.3. The molecule has 0 spiro atoms. The van der Waals surface area contributed by atoms with Crippen molar-refractivity contribution in [3.8, 4) is 17.2 Å². The van der Waals surface area contributed by atoms with Crippen LogP contribution in [0.1, 0.15) is 22.3 Å². The van der Waals surface area contributed by atoms with Crippen molar-refractivity contribution in [2.75, 3.05) is 11.9 Å². The predicted octanol–water partition coefficient (Wildman–Crippen LogP) is 7.17. The topological polar surface area (TPSA) is 59.9 Å². The van der Waals surface area contributed by atoms with Crippen LogP contribution in [0.5, 0.6) is 17.2 Å². The standard InChI is InChI=1S/C30H28N2O3/c1-21-11-12-26(17-23(21)3)32-30(33)20-34-28-9-6-8-24(18-28)19-31-25-13-15-27(16-14-25)35-29-10-5-4-7-22(29)2/h4-19H,20H2,1-3H3,(H,32,33). The predicted molar refractivity (Wildman–Crippen MR) is 141 cm³/mol. The zero-order valence-corrected chi connectivity index (χ0v) is 20.1. The van der Waals surface area contributed by atoms with Crippen LogP contribution < -0.4 is 14.8 Å². The Hall–Kier alpha value is -4.38. The molecule has 4 aromatic carbocycles. The van der Waals surface area contributed by atoms with Gasteiger partial charge in [0.1, 0.15) is 17.2 Å². The molecular weight excluding hydrogens is 436 g/mol. The SMILES string of the molecule is Cc1ccc(NC(=O)COc2cccc(C=Nc3ccc(Oc4ccccc4C)cc3)c2)cc1C. The van der Waals surface area contributed by atoms with E-state index in [4.69, 9.17) is 9.47 Å². The molecule has 0 atom stereocenters. The van der Waals surface area contributed by atoms with Crippen LogP contribution in [0, 0.1) is 20.8 Å². The molecule has 0 aliphatic carbocycles. The minimum absolute atomic E-state index is 0.0735. The van der Waals surface area contributed by atoms with Crippen molar-refractivity contribution in [1.82, 2.24) is 0 Å². The zero-order chi connectivity index (χ0) is 24.6. The first kappa shape index (κ1) is 23.8. The van der Waals surface area contributed by atoms with Gasteiger partial charge in [0.25, 0.3) is 5.91 Å². The summed E-state index contributed by atoms with van der Waals surface area (Å²) >= 11 is 0. The van der Waals surface area contributed by atoms with Crippen LogP contribution in [-0.4, -0.2) is 18.7 Å². The van der Waals surface area contributed by atoms with E-state index in [0.29, 0.717) is 5.75 Å². The van der Waals surface area contributed by atoms with Crippen molar-refractivity contribution in [2.45, 2.75) is 20.8 Å². The van der Waals surface area contributed by atoms with E-state index in [9.17, 15) is 4.79 Å². The molecule has 1 N–H and O–H groups in total. The number of rotatable bonds is 8. The lowest BCUT2D eigenvalue weighted by molar-refractivity contribution is -0.118. The van der Waals surface area contributed by atoms with Crippen molar-refractivity contribution < 1.29 is 14.3 Å². The number of hydrogen-bond acceptors (Lipinski definition) is 4. The highest BCUT2D eigenvalue weighted by molar-refractivity contribution is 5.92. The van der Waals surface area contributed by atoms with E-state index in [0.717, 1.165) is 39.6 Å². The summed E-state index contributed by atoms with van der Waals surface area (Å²) in [5.41, 5.74) is 5.84. The lowest BCUT2D eigenvalue weighted by Crippen LogP contribution is -2.20. The molecule has 35 heavy (non-hydrogen) atoms. The third-order valence-corrected chi connectivity index (χ3v) is 5.54. The minimum Gasteiger partial charge on any atom is -0.484 e. The van der Waals surface area contributed by atoms with Gasteiger partial charge in [-0.05, 0) is 97.6 Å². The van der Waals surface area contributed by atoms with Gasteiger partial charge in [0, 0.05) is 11.9 Å². The highest BCUT2D eigenvalue weighted by Gasteiger charge is 2.05. The molecule has 0 bridgehead atoms. The number of nitrogens with one attached hydrogen (secondary N) is 1. The van der Waals surface area contributed by atoms with Crippen LogP contribution in [0.25, 0.3) is 0 Å². The normalized spacial score (nSPS) is 10.8. The Balaban J connectivity index is 1.32. The molecule has 176 valence electrons. The molecule has 0 fully saturated rings. The maximum Gasteiger partial charge on any atom is 0.262 e. The molecule has 0 saturated heterocycles. The second-order valence-electron chi connectivity index (χ2n) is 8.33. The van der Waals surface area contributed by atoms with Gasteiger partial charge in [-0.15, -0.1) is 0 Å². The number of hydrogen-bond donors (Lipinski definition) is 1. The maximum atomic E-state index is 12.3. The monoisotopic (exact) mass is 464 g/mol. The number of anilines is 1. The fourth-order valence-corrected chi connectivity index (χ4v) is 3.40. The van der Waals surface area contributed by atoms with E-state index >= 15 is 0 Å². The van der Waals surface area contributed by atoms with Crippen molar-refractivity contribution in [1.29, 1.82) is 0 Å². The first-order valence-corrected chi connectivity index (χ1v) is 11.4. The molecule has 0 saturated carbocycles. The summed E-state index contributed by atoms with van der Waals surface area (Å²) in [5, 5.41) is 2.86. The van der Waals surface area contributed by atoms with Crippen LogP contribution in [-0.2, 0) is 4.79 Å². The second kappa shape index (κ2) is 11.2. The summed E-state index contributed by atoms with van der Waals surface area (Å²) in [6.07, 6.45) is 1.76. The molecule has 4 aromatic rings. The summed E-state index contributed by atoms with van der Waals surface area (Å²) < 4.78 is 11.6. The summed E-state index contributed by atoms with van der Waals surface area (Å²) in [6.45, 7) is 6.00. The molecule has 5 nitrogen and oxygen atoms in total. The van der Waals surface area contributed by atoms with Gasteiger partial charge in [-0.3, -0.25) is 9.79 Å². The number of carbonyl (C=O) groups excluding carboxylic acids is 1. The van der Waals surface area contributed by atoms with Crippen molar-refractivity contribution >= 4 is 23.5 Å². The number of amides is 1. The summed E-state index contributed by atoms with van der Waals surface area (Å²) in [6, 6.07) is 28.8. The Morgan fingerprint density at radius 1 is 0.800 bits per heavy atom. The number of aliphatic imine (C=N–C) groups is 1. The number of nitrogens with zero attached hydrogens (tertiary/aromatic N) is 1. The van der Waals surface area contributed by atoms with E-state index in [2.05, 4.69) is 10.3 Å². The van der Waals surface area contributed by atoms with Gasteiger partial charge in [-0.2, -0.15) is 0 Å². The summed E-state index contributed by atoms with van der Waals surface area (Å²) in [5.74, 6) is 1.99. The van der Waals surface area contributed by atoms with E-state index in [1.165, 1.54) is 5.56 Å². The van der Waals surface area contributed by atoms with Gasteiger partial charge in [0.05, 0.1) is 5.69 Å². The Labute approximate surface area is 206 Å². The molecular formula is C30H28N2O3. The average molecular weight is 465 g/mol. The Morgan fingerprint density at radius 3 is 2.37 bits per heavy atom. The molecule has 0 radical (unpaired) electrons. The lowest BCUT2D eigenvalue weighted by Gasteiger charge is -2.09. The third-order valence-electron chi connectivity index (χ3n) is 5.54. The number of benzene rings is 4. The first-order chi connectivity index (χ1) is 17.0. The van der Waals surface area contributed by atoms with E-state index in [1.807, 2.05) is 112 Å². The van der Waals surface area contributed by atoms with Crippen LogP contribution >= 0.6 is 0 Å². The van der Waals surface area contributed by atoms with Gasteiger partial charge in [-0.1, -0.05) is 36.4 Å². The second-order valence-corrected chi connectivity index (χ2v) is 8.33. The van der Waals surface area contributed by atoms with E-state index < -0.39 is 0 Å². The summed E-state index contributed by atoms with van der Waals surface area (Å²) in [4.78, 5) is 16.8. The molecule has 5 heteroatoms. The summed E-state index contributed by atoms with van der Waals surface area (Å²) in [7, 11) is 0. The van der Waals surface area contributed by atoms with E-state index in [1.54, 1.807) is 6.21 Å². The zero-order valence-electron chi connectivity index (χ0n) is 20.1. The van der Waals surface area contributed by atoms with E-state index in [-0.39, 0.29) is 12.5 Å². The number of aryl methyl sites for hydroxylation is 3. The smallest absolute Gasteiger partial charge is 0.262 e. The first-order valence-electron chi connectivity index (χ1n) is 11.4. The fourth-order valence-electron chi connectivity index (χ4n) is 3.40. The Bertz CT molecular complexity index is 1340. The molecule has 0 aromatic heterocycles. The quantitative estimate of drug-likeness (QED) is 0.281. The van der Waals surface area contributed by atoms with Crippen molar-refractivity contribution in [2.24, 2.45) is 4.99 Å². The fraction of sp³-hybridized carbons (Fsp3) is 0.133. The minimum atomic E-state index is -0.208. The van der Waals surface area contributed by atoms with Gasteiger partial charge >= 0.3 is 0 Å². The van der Waals surface area contributed by atoms with Gasteiger partial charge in [-0.25, -0.2) is 0 Å². The molecule has 0 unspecified atom stereocenters. The number of para-hydroxylation sites is 1. The van der Waals surface area contributed by atoms with Crippen molar-refractivity contribution in [3.63, 3.8) is 0 Å². The highest BCUT2D eigenvalue weighted by Crippen LogP contribution is 2.26. The Kier molecular flexibility index (Phi) is 7.58. The van der Waals surface area contributed by atoms with Gasteiger partial charge in [0.15, 0.2) is 6.61 Å². The highest BCUT2D eigenvalue weighted by atomic mass is 16.5. The van der Waals surface area contributed by atoms with Crippen molar-refractivity contribution in [3.05, 3.63) is 113 Å². The van der Waals surface area contributed by atoms with Gasteiger partial charge in [0.2, 0.25) is 0 Å². The molecule has 0 heterocycles. The van der Waals surface area contributed by atoms with Crippen LogP contribution in [0.15, 0.2) is 96.0 Å². The number of carbonyl (C=O) groups is 1. The lowest BCUT2D eigenvalue weighted by atomic mass is 10.1. The third kappa shape index (κ3) is 6.81. The molecule has 0 aliphatic rings. The van der Waals surface area contributed by atoms with Crippen LogP contribution in [0.4, 0.5) is 11.4 Å². The average Bonchev–Trinajstić information content (AvgIpc) is 2.86. The Morgan fingerprint density at radius 2 is 1.60 bits per heavy atom. The molecule has 4 rings (SSSR count). The van der Waals surface area contributed by atoms with Gasteiger partial charge < -0.3 is 14.8 Å². The van der Waals surface area contributed by atoms with Crippen LogP contribution in [0.2, 0.25) is 0 Å².